The Bertz CT molecular complexity index is 708. The highest BCUT2D eigenvalue weighted by Crippen LogP contribution is 2.30. The Morgan fingerprint density at radius 3 is 2.71 bits per heavy atom. The van der Waals surface area contributed by atoms with Crippen LogP contribution in [0.15, 0.2) is 40.9 Å². The van der Waals surface area contributed by atoms with Crippen LogP contribution in [0.1, 0.15) is 33.5 Å². The zero-order chi connectivity index (χ0) is 15.0. The predicted molar refractivity (Wildman–Crippen MR) is 90.1 cm³/mol. The minimum Gasteiger partial charge on any atom is -0.308 e. The summed E-state index contributed by atoms with van der Waals surface area (Å²) in [6.07, 6.45) is 2.08. The Hall–Kier alpha value is -1.61. The van der Waals surface area contributed by atoms with E-state index in [0.29, 0.717) is 0 Å². The van der Waals surface area contributed by atoms with Gasteiger partial charge in [-0.05, 0) is 56.0 Å². The third-order valence-corrected chi connectivity index (χ3v) is 4.87. The smallest absolute Gasteiger partial charge is 0.258 e. The Kier molecular flexibility index (Phi) is 3.85. The van der Waals surface area contributed by atoms with Crippen molar-refractivity contribution in [1.82, 2.24) is 0 Å². The zero-order valence-electron chi connectivity index (χ0n) is 12.3. The summed E-state index contributed by atoms with van der Waals surface area (Å²) in [6, 6.07) is 12.2. The number of carbonyl (C=O) groups is 1. The van der Waals surface area contributed by atoms with E-state index in [0.717, 1.165) is 40.7 Å². The van der Waals surface area contributed by atoms with Gasteiger partial charge in [-0.3, -0.25) is 4.79 Å². The molecule has 0 spiro atoms. The van der Waals surface area contributed by atoms with Gasteiger partial charge in [-0.25, -0.2) is 0 Å². The number of benzene rings is 2. The lowest BCUT2D eigenvalue weighted by molar-refractivity contribution is 0.0985. The van der Waals surface area contributed by atoms with Crippen molar-refractivity contribution in [2.75, 3.05) is 11.4 Å². The average Bonchev–Trinajstić information content (AvgIpc) is 2.48. The number of hydrogen-bond donors (Lipinski definition) is 0. The lowest BCUT2D eigenvalue weighted by atomic mass is 9.98. The number of amides is 1. The van der Waals surface area contributed by atoms with Crippen molar-refractivity contribution >= 4 is 27.5 Å². The minimum atomic E-state index is 0.0838. The van der Waals surface area contributed by atoms with Gasteiger partial charge in [0.05, 0.1) is 0 Å². The van der Waals surface area contributed by atoms with Gasteiger partial charge in [-0.1, -0.05) is 39.7 Å². The van der Waals surface area contributed by atoms with Gasteiger partial charge < -0.3 is 4.90 Å². The number of halogens is 1. The van der Waals surface area contributed by atoms with Gasteiger partial charge in [0.1, 0.15) is 0 Å². The van der Waals surface area contributed by atoms with Crippen LogP contribution < -0.4 is 4.90 Å². The number of rotatable bonds is 1. The summed E-state index contributed by atoms with van der Waals surface area (Å²) < 4.78 is 0.981. The SMILES string of the molecule is Cc1ccc2c(c1)CCCN2C(=O)c1ccc(C)c(Br)c1. The van der Waals surface area contributed by atoms with E-state index in [2.05, 4.69) is 41.1 Å². The normalized spacial score (nSPS) is 14.0. The summed E-state index contributed by atoms with van der Waals surface area (Å²) in [4.78, 5) is 14.7. The first-order valence-electron chi connectivity index (χ1n) is 7.24. The molecule has 1 amide bonds. The van der Waals surface area contributed by atoms with Crippen LogP contribution in [-0.2, 0) is 6.42 Å². The molecule has 3 rings (SSSR count). The summed E-state index contributed by atoms with van der Waals surface area (Å²) in [5.74, 6) is 0.0838. The van der Waals surface area contributed by atoms with E-state index in [1.807, 2.05) is 30.0 Å². The molecule has 0 bridgehead atoms. The van der Waals surface area contributed by atoms with Crippen LogP contribution in [0.2, 0.25) is 0 Å². The second-order valence-electron chi connectivity index (χ2n) is 5.66. The number of nitrogens with zero attached hydrogens (tertiary/aromatic N) is 1. The van der Waals surface area contributed by atoms with Gasteiger partial charge >= 0.3 is 0 Å². The summed E-state index contributed by atoms with van der Waals surface area (Å²) >= 11 is 3.51. The lowest BCUT2D eigenvalue weighted by Gasteiger charge is -2.30. The number of fused-ring (bicyclic) bond motifs is 1. The molecule has 2 nitrogen and oxygen atoms in total. The number of hydrogen-bond acceptors (Lipinski definition) is 1. The van der Waals surface area contributed by atoms with Crippen molar-refractivity contribution in [1.29, 1.82) is 0 Å². The first-order chi connectivity index (χ1) is 10.1. The van der Waals surface area contributed by atoms with E-state index in [-0.39, 0.29) is 5.91 Å². The fourth-order valence-electron chi connectivity index (χ4n) is 2.82. The number of aryl methyl sites for hydroxylation is 3. The number of carbonyl (C=O) groups excluding carboxylic acids is 1. The molecule has 1 aliphatic heterocycles. The second kappa shape index (κ2) is 5.64. The molecule has 0 aliphatic carbocycles. The molecule has 0 radical (unpaired) electrons. The van der Waals surface area contributed by atoms with Crippen molar-refractivity contribution < 1.29 is 4.79 Å². The van der Waals surface area contributed by atoms with E-state index in [1.165, 1.54) is 11.1 Å². The highest BCUT2D eigenvalue weighted by molar-refractivity contribution is 9.10. The van der Waals surface area contributed by atoms with Crippen LogP contribution in [0.4, 0.5) is 5.69 Å². The van der Waals surface area contributed by atoms with Gasteiger partial charge in [0.15, 0.2) is 0 Å². The number of anilines is 1. The molecule has 0 atom stereocenters. The highest BCUT2D eigenvalue weighted by Gasteiger charge is 2.23. The third-order valence-electron chi connectivity index (χ3n) is 4.02. The molecule has 0 aromatic heterocycles. The molecule has 0 fully saturated rings. The monoisotopic (exact) mass is 343 g/mol. The van der Waals surface area contributed by atoms with Crippen molar-refractivity contribution in [2.24, 2.45) is 0 Å². The fourth-order valence-corrected chi connectivity index (χ4v) is 3.20. The third kappa shape index (κ3) is 2.75. The summed E-state index contributed by atoms with van der Waals surface area (Å²) in [6.45, 7) is 4.91. The molecule has 3 heteroatoms. The predicted octanol–water partition coefficient (Wildman–Crippen LogP) is 4.66. The minimum absolute atomic E-state index is 0.0838. The quantitative estimate of drug-likeness (QED) is 0.737. The van der Waals surface area contributed by atoms with Crippen LogP contribution >= 0.6 is 15.9 Å². The molecule has 0 saturated carbocycles. The summed E-state index contributed by atoms with van der Waals surface area (Å²) in [5.41, 5.74) is 5.47. The van der Waals surface area contributed by atoms with Crippen LogP contribution in [0.25, 0.3) is 0 Å². The maximum Gasteiger partial charge on any atom is 0.258 e. The van der Waals surface area contributed by atoms with Gasteiger partial charge in [0.2, 0.25) is 0 Å². The van der Waals surface area contributed by atoms with Crippen molar-refractivity contribution in [3.8, 4) is 0 Å². The van der Waals surface area contributed by atoms with Gasteiger partial charge in [-0.15, -0.1) is 0 Å². The van der Waals surface area contributed by atoms with Crippen LogP contribution in [0, 0.1) is 13.8 Å². The van der Waals surface area contributed by atoms with E-state index in [1.54, 1.807) is 0 Å². The van der Waals surface area contributed by atoms with E-state index < -0.39 is 0 Å². The molecule has 0 saturated heterocycles. The Balaban J connectivity index is 1.98. The van der Waals surface area contributed by atoms with E-state index in [4.69, 9.17) is 0 Å². The molecule has 0 N–H and O–H groups in total. The standard InChI is InChI=1S/C18H18BrNO/c1-12-5-8-17-14(10-12)4-3-9-20(17)18(21)15-7-6-13(2)16(19)11-15/h5-8,10-11H,3-4,9H2,1-2H3. The molecule has 108 valence electrons. The summed E-state index contributed by atoms with van der Waals surface area (Å²) in [5, 5.41) is 0. The van der Waals surface area contributed by atoms with Crippen LogP contribution in [-0.4, -0.2) is 12.5 Å². The Labute approximate surface area is 133 Å². The maximum absolute atomic E-state index is 12.8. The summed E-state index contributed by atoms with van der Waals surface area (Å²) in [7, 11) is 0. The molecule has 2 aromatic rings. The van der Waals surface area contributed by atoms with Gasteiger partial charge in [0.25, 0.3) is 5.91 Å². The maximum atomic E-state index is 12.8. The molecule has 1 aliphatic rings. The average molecular weight is 344 g/mol. The van der Waals surface area contributed by atoms with E-state index in [9.17, 15) is 4.79 Å². The Morgan fingerprint density at radius 2 is 1.95 bits per heavy atom. The molecule has 1 heterocycles. The van der Waals surface area contributed by atoms with Crippen molar-refractivity contribution in [3.05, 3.63) is 63.1 Å². The van der Waals surface area contributed by atoms with Crippen molar-refractivity contribution in [2.45, 2.75) is 26.7 Å². The van der Waals surface area contributed by atoms with Gasteiger partial charge in [0, 0.05) is 22.3 Å². The highest BCUT2D eigenvalue weighted by atomic mass is 79.9. The van der Waals surface area contributed by atoms with E-state index >= 15 is 0 Å². The Morgan fingerprint density at radius 1 is 1.14 bits per heavy atom. The molecular formula is C18H18BrNO. The molecule has 21 heavy (non-hydrogen) atoms. The zero-order valence-corrected chi connectivity index (χ0v) is 13.9. The van der Waals surface area contributed by atoms with Crippen LogP contribution in [0.5, 0.6) is 0 Å². The van der Waals surface area contributed by atoms with Crippen molar-refractivity contribution in [3.63, 3.8) is 0 Å². The van der Waals surface area contributed by atoms with Gasteiger partial charge in [-0.2, -0.15) is 0 Å². The fraction of sp³-hybridized carbons (Fsp3) is 0.278. The first-order valence-corrected chi connectivity index (χ1v) is 8.03. The molecular weight excluding hydrogens is 326 g/mol. The second-order valence-corrected chi connectivity index (χ2v) is 6.51. The van der Waals surface area contributed by atoms with Crippen LogP contribution in [0.3, 0.4) is 0 Å². The largest absolute Gasteiger partial charge is 0.308 e. The first kappa shape index (κ1) is 14.3. The molecule has 2 aromatic carbocycles. The topological polar surface area (TPSA) is 20.3 Å². The lowest BCUT2D eigenvalue weighted by Crippen LogP contribution is -2.35. The molecule has 0 unspecified atom stereocenters.